The highest BCUT2D eigenvalue weighted by Gasteiger charge is 2.28. The molecule has 7 nitrogen and oxygen atoms in total. The second-order valence-electron chi connectivity index (χ2n) is 6.63. The molecule has 0 bridgehead atoms. The van der Waals surface area contributed by atoms with Gasteiger partial charge in [0, 0.05) is 26.2 Å². The molecule has 4 rings (SSSR count). The van der Waals surface area contributed by atoms with Crippen molar-refractivity contribution < 1.29 is 14.3 Å². The number of hydrogen-bond donors (Lipinski definition) is 0. The molecule has 3 heterocycles. The quantitative estimate of drug-likeness (QED) is 0.540. The van der Waals surface area contributed by atoms with Crippen molar-refractivity contribution in [2.24, 2.45) is 0 Å². The summed E-state index contributed by atoms with van der Waals surface area (Å²) in [5.74, 6) is -0.117. The van der Waals surface area contributed by atoms with Crippen molar-refractivity contribution >= 4 is 63.3 Å². The van der Waals surface area contributed by atoms with Crippen molar-refractivity contribution in [1.82, 2.24) is 14.9 Å². The van der Waals surface area contributed by atoms with E-state index in [-0.39, 0.29) is 18.2 Å². The largest absolute Gasteiger partial charge is 0.461 e. The van der Waals surface area contributed by atoms with E-state index in [1.165, 1.54) is 11.3 Å². The van der Waals surface area contributed by atoms with Crippen LogP contribution in [0.5, 0.6) is 0 Å². The summed E-state index contributed by atoms with van der Waals surface area (Å²) in [5, 5.41) is 2.58. The van der Waals surface area contributed by atoms with E-state index in [0.29, 0.717) is 58.0 Å². The molecule has 0 radical (unpaired) electrons. The molecule has 0 aliphatic carbocycles. The Kier molecular flexibility index (Phi) is 6.08. The molecule has 1 aliphatic rings. The van der Waals surface area contributed by atoms with Gasteiger partial charge in [-0.15, -0.1) is 11.3 Å². The van der Waals surface area contributed by atoms with Crippen LogP contribution >= 0.6 is 34.5 Å². The third kappa shape index (κ3) is 4.08. The van der Waals surface area contributed by atoms with Gasteiger partial charge in [-0.3, -0.25) is 4.79 Å². The molecule has 1 fully saturated rings. The van der Waals surface area contributed by atoms with Gasteiger partial charge < -0.3 is 14.5 Å². The number of nitrogens with zero attached hydrogens (tertiary/aromatic N) is 4. The molecule has 3 aromatic rings. The molecule has 0 unspecified atom stereocenters. The van der Waals surface area contributed by atoms with Crippen LogP contribution in [0, 0.1) is 0 Å². The highest BCUT2D eigenvalue weighted by Crippen LogP contribution is 2.29. The topological polar surface area (TPSA) is 75.6 Å². The van der Waals surface area contributed by atoms with E-state index in [4.69, 9.17) is 27.9 Å². The Morgan fingerprint density at radius 3 is 2.37 bits per heavy atom. The van der Waals surface area contributed by atoms with Crippen molar-refractivity contribution in [1.29, 1.82) is 0 Å². The van der Waals surface area contributed by atoms with Crippen LogP contribution in [-0.2, 0) is 4.74 Å². The molecule has 0 atom stereocenters. The molecule has 0 spiro atoms. The number of carbonyl (C=O) groups excluding carboxylic acids is 2. The lowest BCUT2D eigenvalue weighted by Gasteiger charge is -2.35. The molecule has 0 N–H and O–H groups in total. The predicted octanol–water partition coefficient (Wildman–Crippen LogP) is 4.14. The molecule has 1 saturated heterocycles. The Morgan fingerprint density at radius 2 is 1.77 bits per heavy atom. The van der Waals surface area contributed by atoms with E-state index in [1.807, 2.05) is 22.4 Å². The average molecular weight is 465 g/mol. The molecular formula is C20H18Cl2N4O3S. The minimum Gasteiger partial charge on any atom is -0.461 e. The van der Waals surface area contributed by atoms with Crippen LogP contribution in [0.2, 0.25) is 10.0 Å². The number of esters is 1. The molecular weight excluding hydrogens is 447 g/mol. The number of piperazine rings is 1. The van der Waals surface area contributed by atoms with Gasteiger partial charge >= 0.3 is 5.97 Å². The van der Waals surface area contributed by atoms with E-state index in [0.717, 1.165) is 0 Å². The average Bonchev–Trinajstić information content (AvgIpc) is 3.28. The second-order valence-corrected chi connectivity index (χ2v) is 8.39. The predicted molar refractivity (Wildman–Crippen MR) is 118 cm³/mol. The first-order valence-electron chi connectivity index (χ1n) is 9.39. The smallest absolute Gasteiger partial charge is 0.360 e. The molecule has 1 aliphatic heterocycles. The maximum Gasteiger partial charge on any atom is 0.360 e. The van der Waals surface area contributed by atoms with E-state index in [1.54, 1.807) is 24.0 Å². The summed E-state index contributed by atoms with van der Waals surface area (Å²) in [7, 11) is 0. The molecule has 1 aromatic carbocycles. The SMILES string of the molecule is CCOC(=O)c1nc2cc(Cl)c(Cl)cc2nc1N1CCN(C(=O)c2cccs2)CC1. The van der Waals surface area contributed by atoms with E-state index in [2.05, 4.69) is 9.97 Å². The zero-order valence-electron chi connectivity index (χ0n) is 16.1. The van der Waals surface area contributed by atoms with Crippen LogP contribution in [0.1, 0.15) is 27.1 Å². The fourth-order valence-electron chi connectivity index (χ4n) is 3.28. The number of thiophene rings is 1. The molecule has 10 heteroatoms. The summed E-state index contributed by atoms with van der Waals surface area (Å²) in [6.07, 6.45) is 0. The number of fused-ring (bicyclic) bond motifs is 1. The Hall–Kier alpha value is -2.42. The van der Waals surface area contributed by atoms with Gasteiger partial charge in [0.1, 0.15) is 0 Å². The van der Waals surface area contributed by atoms with Crippen LogP contribution in [0.15, 0.2) is 29.6 Å². The summed E-state index contributed by atoms with van der Waals surface area (Å²) in [6.45, 7) is 4.02. The maximum absolute atomic E-state index is 12.6. The van der Waals surface area contributed by atoms with Crippen molar-refractivity contribution in [2.45, 2.75) is 6.92 Å². The van der Waals surface area contributed by atoms with Gasteiger partial charge in [-0.05, 0) is 30.5 Å². The van der Waals surface area contributed by atoms with Crippen LogP contribution in [0.4, 0.5) is 5.82 Å². The van der Waals surface area contributed by atoms with Gasteiger partial charge in [0.2, 0.25) is 0 Å². The second kappa shape index (κ2) is 8.75. The zero-order valence-corrected chi connectivity index (χ0v) is 18.4. The number of anilines is 1. The standard InChI is InChI=1S/C20H18Cl2N4O3S/c1-2-29-20(28)17-18(24-15-11-13(22)12(21)10-14(15)23-17)25-5-7-26(8-6-25)19(27)16-4-3-9-30-16/h3-4,9-11H,2,5-8H2,1H3. The van der Waals surface area contributed by atoms with Crippen molar-refractivity contribution in [2.75, 3.05) is 37.7 Å². The number of aromatic nitrogens is 2. The van der Waals surface area contributed by atoms with E-state index >= 15 is 0 Å². The number of halogens is 2. The normalized spacial score (nSPS) is 14.2. The number of carbonyl (C=O) groups is 2. The van der Waals surface area contributed by atoms with Gasteiger partial charge in [0.25, 0.3) is 5.91 Å². The maximum atomic E-state index is 12.6. The van der Waals surface area contributed by atoms with Crippen molar-refractivity contribution in [3.63, 3.8) is 0 Å². The summed E-state index contributed by atoms with van der Waals surface area (Å²) >= 11 is 13.7. The Bertz CT molecular complexity index is 1100. The van der Waals surface area contributed by atoms with Crippen molar-refractivity contribution in [3.05, 3.63) is 50.3 Å². The highest BCUT2D eigenvalue weighted by atomic mass is 35.5. The van der Waals surface area contributed by atoms with Gasteiger partial charge in [-0.1, -0.05) is 29.3 Å². The molecule has 1 amide bonds. The van der Waals surface area contributed by atoms with Gasteiger partial charge in [0.15, 0.2) is 11.5 Å². The Morgan fingerprint density at radius 1 is 1.10 bits per heavy atom. The summed E-state index contributed by atoms with van der Waals surface area (Å²) in [4.78, 5) is 38.7. The van der Waals surface area contributed by atoms with Gasteiger partial charge in [0.05, 0.1) is 32.6 Å². The number of ether oxygens (including phenoxy) is 1. The summed E-state index contributed by atoms with van der Waals surface area (Å²) < 4.78 is 5.18. The third-order valence-corrected chi connectivity index (χ3v) is 6.34. The molecule has 0 saturated carbocycles. The summed E-state index contributed by atoms with van der Waals surface area (Å²) in [6, 6.07) is 6.89. The fraction of sp³-hybridized carbons (Fsp3) is 0.300. The first-order chi connectivity index (χ1) is 14.5. The lowest BCUT2D eigenvalue weighted by Crippen LogP contribution is -2.49. The number of hydrogen-bond acceptors (Lipinski definition) is 7. The van der Waals surface area contributed by atoms with Crippen LogP contribution in [0.25, 0.3) is 11.0 Å². The van der Waals surface area contributed by atoms with E-state index in [9.17, 15) is 9.59 Å². The van der Waals surface area contributed by atoms with Crippen molar-refractivity contribution in [3.8, 4) is 0 Å². The number of amides is 1. The monoisotopic (exact) mass is 464 g/mol. The minimum absolute atomic E-state index is 0.0151. The van der Waals surface area contributed by atoms with E-state index < -0.39 is 5.97 Å². The highest BCUT2D eigenvalue weighted by molar-refractivity contribution is 7.12. The number of benzene rings is 1. The van der Waals surface area contributed by atoms with Gasteiger partial charge in [-0.25, -0.2) is 14.8 Å². The number of rotatable bonds is 4. The molecule has 156 valence electrons. The molecule has 30 heavy (non-hydrogen) atoms. The first-order valence-corrected chi connectivity index (χ1v) is 11.0. The Labute approximate surface area is 187 Å². The van der Waals surface area contributed by atoms with Crippen LogP contribution < -0.4 is 4.90 Å². The fourth-order valence-corrected chi connectivity index (χ4v) is 4.28. The van der Waals surface area contributed by atoms with Crippen LogP contribution in [0.3, 0.4) is 0 Å². The third-order valence-electron chi connectivity index (χ3n) is 4.76. The molecule has 2 aromatic heterocycles. The van der Waals surface area contributed by atoms with Crippen LogP contribution in [-0.4, -0.2) is 59.5 Å². The summed E-state index contributed by atoms with van der Waals surface area (Å²) in [5.41, 5.74) is 1.12. The Balaban J connectivity index is 1.64. The zero-order chi connectivity index (χ0) is 21.3. The minimum atomic E-state index is -0.551. The lowest BCUT2D eigenvalue weighted by atomic mass is 10.2. The first kappa shape index (κ1) is 20.8. The van der Waals surface area contributed by atoms with Gasteiger partial charge in [-0.2, -0.15) is 0 Å². The lowest BCUT2D eigenvalue weighted by molar-refractivity contribution is 0.0519.